The van der Waals surface area contributed by atoms with Crippen molar-refractivity contribution in [1.29, 1.82) is 0 Å². The molecule has 2 rings (SSSR count). The number of hydrogen-bond acceptors (Lipinski definition) is 3. The van der Waals surface area contributed by atoms with E-state index in [4.69, 9.17) is 0 Å². The van der Waals surface area contributed by atoms with Crippen LogP contribution in [0.3, 0.4) is 0 Å². The summed E-state index contributed by atoms with van der Waals surface area (Å²) in [5.41, 5.74) is 8.43. The largest absolute Gasteiger partial charge is 0.365 e. The zero-order valence-corrected chi connectivity index (χ0v) is 9.85. The van der Waals surface area contributed by atoms with Crippen LogP contribution in [0.25, 0.3) is 0 Å². The van der Waals surface area contributed by atoms with Gasteiger partial charge in [-0.15, -0.1) is 0 Å². The Morgan fingerprint density at radius 3 is 2.00 bits per heavy atom. The molecule has 0 aliphatic heterocycles. The van der Waals surface area contributed by atoms with Gasteiger partial charge in [0.25, 0.3) is 0 Å². The number of benzene rings is 2. The lowest BCUT2D eigenvalue weighted by Gasteiger charge is -2.21. The topological polar surface area (TPSA) is 36.1 Å². The highest BCUT2D eigenvalue weighted by atomic mass is 15.4. The molecule has 1 atom stereocenters. The molecule has 0 saturated heterocycles. The minimum Gasteiger partial charge on any atom is -0.365 e. The average molecular weight is 227 g/mol. The Kier molecular flexibility index (Phi) is 4.13. The number of hydrogen-bond donors (Lipinski definition) is 3. The Labute approximate surface area is 102 Å². The van der Waals surface area contributed by atoms with Gasteiger partial charge >= 0.3 is 0 Å². The van der Waals surface area contributed by atoms with Crippen LogP contribution < -0.4 is 16.2 Å². The number of nitrogens with one attached hydrogen (secondary N) is 3. The first-order chi connectivity index (χ1) is 8.40. The second-order valence-corrected chi connectivity index (χ2v) is 3.75. The zero-order chi connectivity index (χ0) is 11.9. The summed E-state index contributed by atoms with van der Waals surface area (Å²) in [6, 6.07) is 20.4. The Morgan fingerprint density at radius 1 is 0.824 bits per heavy atom. The summed E-state index contributed by atoms with van der Waals surface area (Å²) in [7, 11) is 1.86. The molecule has 2 aromatic rings. The van der Waals surface area contributed by atoms with Crippen LogP contribution in [0, 0.1) is 0 Å². The lowest BCUT2D eigenvalue weighted by atomic mass is 10.1. The van der Waals surface area contributed by atoms with E-state index in [1.54, 1.807) is 0 Å². The van der Waals surface area contributed by atoms with Crippen LogP contribution in [0.4, 0.5) is 5.69 Å². The molecule has 88 valence electrons. The monoisotopic (exact) mass is 227 g/mol. The molecule has 0 aliphatic carbocycles. The number of para-hydroxylation sites is 1. The van der Waals surface area contributed by atoms with Crippen molar-refractivity contribution in [2.45, 2.75) is 6.17 Å². The number of hydrazine groups is 1. The van der Waals surface area contributed by atoms with Gasteiger partial charge in [0.2, 0.25) is 0 Å². The van der Waals surface area contributed by atoms with Gasteiger partial charge in [-0.3, -0.25) is 5.43 Å². The van der Waals surface area contributed by atoms with Crippen molar-refractivity contribution in [3.8, 4) is 0 Å². The number of rotatable bonds is 5. The van der Waals surface area contributed by atoms with Crippen LogP contribution in [0.5, 0.6) is 0 Å². The summed E-state index contributed by atoms with van der Waals surface area (Å²) in [6.45, 7) is 0. The summed E-state index contributed by atoms with van der Waals surface area (Å²) in [4.78, 5) is 0. The van der Waals surface area contributed by atoms with E-state index in [1.165, 1.54) is 5.56 Å². The molecule has 0 aromatic heterocycles. The fourth-order valence-electron chi connectivity index (χ4n) is 1.69. The third-order valence-corrected chi connectivity index (χ3v) is 2.51. The van der Waals surface area contributed by atoms with E-state index in [0.717, 1.165) is 5.69 Å². The fourth-order valence-corrected chi connectivity index (χ4v) is 1.69. The van der Waals surface area contributed by atoms with Gasteiger partial charge in [-0.05, 0) is 24.7 Å². The third-order valence-electron chi connectivity index (χ3n) is 2.51. The molecule has 0 bridgehead atoms. The van der Waals surface area contributed by atoms with Gasteiger partial charge < -0.3 is 5.32 Å². The molecule has 3 N–H and O–H groups in total. The maximum Gasteiger partial charge on any atom is 0.116 e. The summed E-state index contributed by atoms with van der Waals surface area (Å²) in [5, 5.41) is 3.42. The van der Waals surface area contributed by atoms with Gasteiger partial charge in [0, 0.05) is 5.69 Å². The smallest absolute Gasteiger partial charge is 0.116 e. The molecule has 0 amide bonds. The normalized spacial score (nSPS) is 12.1. The molecule has 0 heterocycles. The van der Waals surface area contributed by atoms with Gasteiger partial charge in [0.05, 0.1) is 0 Å². The molecular formula is C14H17N3. The van der Waals surface area contributed by atoms with Gasteiger partial charge in [0.15, 0.2) is 0 Å². The van der Waals surface area contributed by atoms with Crippen LogP contribution in [0.2, 0.25) is 0 Å². The van der Waals surface area contributed by atoms with E-state index >= 15 is 0 Å². The Hall–Kier alpha value is -1.84. The van der Waals surface area contributed by atoms with Crippen molar-refractivity contribution < 1.29 is 0 Å². The molecule has 3 heteroatoms. The van der Waals surface area contributed by atoms with E-state index in [0.29, 0.717) is 0 Å². The van der Waals surface area contributed by atoms with Crippen LogP contribution in [0.15, 0.2) is 60.7 Å². The first kappa shape index (κ1) is 11.6. The van der Waals surface area contributed by atoms with Crippen molar-refractivity contribution in [3.63, 3.8) is 0 Å². The molecule has 0 fully saturated rings. The molecule has 0 aliphatic rings. The van der Waals surface area contributed by atoms with E-state index < -0.39 is 0 Å². The van der Waals surface area contributed by atoms with Crippen molar-refractivity contribution in [1.82, 2.24) is 10.9 Å². The summed E-state index contributed by atoms with van der Waals surface area (Å²) in [5.74, 6) is 0. The Morgan fingerprint density at radius 2 is 1.41 bits per heavy atom. The average Bonchev–Trinajstić information content (AvgIpc) is 2.40. The maximum absolute atomic E-state index is 3.42. The minimum atomic E-state index is 0.0450. The first-order valence-electron chi connectivity index (χ1n) is 5.69. The molecule has 3 nitrogen and oxygen atoms in total. The summed E-state index contributed by atoms with van der Waals surface area (Å²) >= 11 is 0. The lowest BCUT2D eigenvalue weighted by Crippen LogP contribution is -2.36. The van der Waals surface area contributed by atoms with Crippen molar-refractivity contribution in [2.24, 2.45) is 0 Å². The van der Waals surface area contributed by atoms with E-state index in [9.17, 15) is 0 Å². The van der Waals surface area contributed by atoms with Crippen molar-refractivity contribution in [3.05, 3.63) is 66.2 Å². The van der Waals surface area contributed by atoms with Gasteiger partial charge in [-0.1, -0.05) is 48.5 Å². The summed E-state index contributed by atoms with van der Waals surface area (Å²) in [6.07, 6.45) is 0.0450. The second kappa shape index (κ2) is 6.03. The zero-order valence-electron chi connectivity index (χ0n) is 9.85. The number of anilines is 1. The van der Waals surface area contributed by atoms with E-state index in [-0.39, 0.29) is 6.17 Å². The van der Waals surface area contributed by atoms with E-state index in [1.807, 2.05) is 55.6 Å². The third kappa shape index (κ3) is 3.31. The van der Waals surface area contributed by atoms with Crippen molar-refractivity contribution >= 4 is 5.69 Å². The molecule has 0 radical (unpaired) electrons. The van der Waals surface area contributed by atoms with Gasteiger partial charge in [-0.2, -0.15) is 0 Å². The van der Waals surface area contributed by atoms with Gasteiger partial charge in [0.1, 0.15) is 6.17 Å². The van der Waals surface area contributed by atoms with E-state index in [2.05, 4.69) is 28.3 Å². The molecular weight excluding hydrogens is 210 g/mol. The van der Waals surface area contributed by atoms with Crippen LogP contribution in [-0.4, -0.2) is 7.05 Å². The molecule has 0 saturated carbocycles. The maximum atomic E-state index is 3.42. The highest BCUT2D eigenvalue weighted by molar-refractivity contribution is 5.44. The standard InChI is InChI=1S/C14H17N3/c1-15-17-14(12-8-4-2-5-9-12)16-13-10-6-3-7-11-13/h2-11,14-17H,1H3. The lowest BCUT2D eigenvalue weighted by molar-refractivity contribution is 0.515. The highest BCUT2D eigenvalue weighted by Gasteiger charge is 2.08. The predicted octanol–water partition coefficient (Wildman–Crippen LogP) is 2.52. The van der Waals surface area contributed by atoms with Crippen LogP contribution in [0.1, 0.15) is 11.7 Å². The molecule has 17 heavy (non-hydrogen) atoms. The second-order valence-electron chi connectivity index (χ2n) is 3.75. The molecule has 1 unspecified atom stereocenters. The van der Waals surface area contributed by atoms with Crippen molar-refractivity contribution in [2.75, 3.05) is 12.4 Å². The highest BCUT2D eigenvalue weighted by Crippen LogP contribution is 2.16. The van der Waals surface area contributed by atoms with Crippen LogP contribution in [-0.2, 0) is 0 Å². The first-order valence-corrected chi connectivity index (χ1v) is 5.69. The Balaban J connectivity index is 2.13. The van der Waals surface area contributed by atoms with Gasteiger partial charge in [-0.25, -0.2) is 5.43 Å². The minimum absolute atomic E-state index is 0.0450. The SMILES string of the molecule is CNNC(Nc1ccccc1)c1ccccc1. The summed E-state index contributed by atoms with van der Waals surface area (Å²) < 4.78 is 0. The fraction of sp³-hybridized carbons (Fsp3) is 0.143. The molecule has 0 spiro atoms. The van der Waals surface area contributed by atoms with Crippen LogP contribution >= 0.6 is 0 Å². The quantitative estimate of drug-likeness (QED) is 0.542. The molecule has 2 aromatic carbocycles. The predicted molar refractivity (Wildman–Crippen MR) is 71.4 cm³/mol. The Bertz CT molecular complexity index is 428.